The number of carbonyl (C=O) groups excluding carboxylic acids is 1. The number of urea groups is 1. The van der Waals surface area contributed by atoms with Crippen molar-refractivity contribution < 1.29 is 22.4 Å². The molecule has 2 aromatic carbocycles. The van der Waals surface area contributed by atoms with E-state index in [1.807, 2.05) is 12.1 Å². The standard InChI is InChI=1S/C24H16F4N4O/c25-18-7-4-15(5-8-18)12-16-10-11-32-21(16)2-1-3-22(32)31-23(33)30-19-9-6-17(14-29)20(13-19)24(26,27)28/h1-11,13H,12H2,(H2,30,31,33). The summed E-state index contributed by atoms with van der Waals surface area (Å²) in [5, 5.41) is 13.9. The van der Waals surface area contributed by atoms with Crippen LogP contribution in [0.2, 0.25) is 0 Å². The van der Waals surface area contributed by atoms with Crippen LogP contribution in [0.4, 0.5) is 33.9 Å². The fraction of sp³-hybridized carbons (Fsp3) is 0.0833. The zero-order chi connectivity index (χ0) is 23.6. The first-order valence-corrected chi connectivity index (χ1v) is 9.77. The minimum atomic E-state index is -4.73. The van der Waals surface area contributed by atoms with E-state index >= 15 is 0 Å². The molecule has 166 valence electrons. The molecule has 4 aromatic rings. The fourth-order valence-electron chi connectivity index (χ4n) is 3.50. The van der Waals surface area contributed by atoms with Crippen molar-refractivity contribution in [1.29, 1.82) is 5.26 Å². The van der Waals surface area contributed by atoms with Crippen molar-refractivity contribution >= 4 is 23.1 Å². The van der Waals surface area contributed by atoms with E-state index in [1.165, 1.54) is 24.3 Å². The number of hydrogen-bond donors (Lipinski definition) is 2. The Hall–Kier alpha value is -4.32. The van der Waals surface area contributed by atoms with Crippen LogP contribution in [0.5, 0.6) is 0 Å². The number of nitriles is 1. The molecule has 0 unspecified atom stereocenters. The molecular weight excluding hydrogens is 436 g/mol. The number of benzene rings is 2. The normalized spacial score (nSPS) is 11.2. The van der Waals surface area contributed by atoms with Gasteiger partial charge in [-0.2, -0.15) is 18.4 Å². The van der Waals surface area contributed by atoms with Crippen LogP contribution in [-0.4, -0.2) is 10.4 Å². The average Bonchev–Trinajstić information content (AvgIpc) is 3.18. The number of rotatable bonds is 4. The Morgan fingerprint density at radius 3 is 2.45 bits per heavy atom. The molecule has 0 aliphatic heterocycles. The molecule has 0 aliphatic rings. The molecule has 2 aromatic heterocycles. The van der Waals surface area contributed by atoms with Crippen LogP contribution in [0.15, 0.2) is 72.9 Å². The van der Waals surface area contributed by atoms with Crippen LogP contribution in [0.25, 0.3) is 5.52 Å². The second kappa shape index (κ2) is 8.67. The number of nitrogens with zero attached hydrogens (tertiary/aromatic N) is 2. The quantitative estimate of drug-likeness (QED) is 0.362. The summed E-state index contributed by atoms with van der Waals surface area (Å²) in [5.41, 5.74) is 0.930. The predicted octanol–water partition coefficient (Wildman–Crippen LogP) is 6.20. The smallest absolute Gasteiger partial charge is 0.308 e. The minimum absolute atomic E-state index is 0.101. The molecule has 4 rings (SSSR count). The minimum Gasteiger partial charge on any atom is -0.308 e. The summed E-state index contributed by atoms with van der Waals surface area (Å²) in [5.74, 6) is 0.0858. The van der Waals surface area contributed by atoms with E-state index < -0.39 is 23.3 Å². The molecule has 0 radical (unpaired) electrons. The first kappa shape index (κ1) is 21.9. The van der Waals surface area contributed by atoms with E-state index in [2.05, 4.69) is 10.6 Å². The summed E-state index contributed by atoms with van der Waals surface area (Å²) in [6, 6.07) is 17.0. The number of nitrogens with one attached hydrogen (secondary N) is 2. The third-order valence-electron chi connectivity index (χ3n) is 5.03. The van der Waals surface area contributed by atoms with Crippen molar-refractivity contribution in [2.75, 3.05) is 10.6 Å². The highest BCUT2D eigenvalue weighted by Crippen LogP contribution is 2.33. The zero-order valence-corrected chi connectivity index (χ0v) is 16.9. The first-order chi connectivity index (χ1) is 15.7. The van der Waals surface area contributed by atoms with E-state index in [1.54, 1.807) is 34.9 Å². The van der Waals surface area contributed by atoms with Crippen molar-refractivity contribution in [1.82, 2.24) is 4.40 Å². The summed E-state index contributed by atoms with van der Waals surface area (Å²) in [7, 11) is 0. The number of hydrogen-bond acceptors (Lipinski definition) is 2. The van der Waals surface area contributed by atoms with Crippen LogP contribution < -0.4 is 10.6 Å². The van der Waals surface area contributed by atoms with Gasteiger partial charge in [0, 0.05) is 11.9 Å². The summed E-state index contributed by atoms with van der Waals surface area (Å²) in [6.45, 7) is 0. The number of fused-ring (bicyclic) bond motifs is 1. The van der Waals surface area contributed by atoms with Gasteiger partial charge in [-0.05, 0) is 66.1 Å². The molecule has 0 aliphatic carbocycles. The lowest BCUT2D eigenvalue weighted by molar-refractivity contribution is -0.137. The molecule has 2 heterocycles. The average molecular weight is 452 g/mol. The molecule has 2 amide bonds. The second-order valence-electron chi connectivity index (χ2n) is 7.26. The molecule has 9 heteroatoms. The molecule has 5 nitrogen and oxygen atoms in total. The van der Waals surface area contributed by atoms with Gasteiger partial charge in [-0.15, -0.1) is 0 Å². The van der Waals surface area contributed by atoms with Gasteiger partial charge in [-0.1, -0.05) is 18.2 Å². The Balaban J connectivity index is 1.54. The van der Waals surface area contributed by atoms with E-state index in [0.717, 1.165) is 28.8 Å². The Bertz CT molecular complexity index is 1370. The highest BCUT2D eigenvalue weighted by atomic mass is 19.4. The molecule has 2 N–H and O–H groups in total. The number of halogens is 4. The number of anilines is 2. The van der Waals surface area contributed by atoms with Crippen LogP contribution in [-0.2, 0) is 12.6 Å². The summed E-state index contributed by atoms with van der Waals surface area (Å²) >= 11 is 0. The van der Waals surface area contributed by atoms with Gasteiger partial charge in [0.1, 0.15) is 11.6 Å². The molecule has 0 bridgehead atoms. The molecule has 0 spiro atoms. The van der Waals surface area contributed by atoms with Crippen LogP contribution >= 0.6 is 0 Å². The van der Waals surface area contributed by atoms with Crippen molar-refractivity contribution in [3.63, 3.8) is 0 Å². The fourth-order valence-corrected chi connectivity index (χ4v) is 3.50. The maximum atomic E-state index is 13.2. The summed E-state index contributed by atoms with van der Waals surface area (Å²) in [4.78, 5) is 12.5. The van der Waals surface area contributed by atoms with Crippen molar-refractivity contribution in [3.8, 4) is 6.07 Å². The van der Waals surface area contributed by atoms with Gasteiger partial charge in [0.05, 0.1) is 22.7 Å². The molecule has 0 saturated carbocycles. The van der Waals surface area contributed by atoms with E-state index in [0.29, 0.717) is 12.2 Å². The highest BCUT2D eigenvalue weighted by Gasteiger charge is 2.34. The van der Waals surface area contributed by atoms with Crippen molar-refractivity contribution in [2.45, 2.75) is 12.6 Å². The maximum absolute atomic E-state index is 13.2. The number of pyridine rings is 1. The largest absolute Gasteiger partial charge is 0.417 e. The van der Waals surface area contributed by atoms with Crippen molar-refractivity contribution in [3.05, 3.63) is 101 Å². The number of alkyl halides is 3. The van der Waals surface area contributed by atoms with Gasteiger partial charge in [0.15, 0.2) is 0 Å². The van der Waals surface area contributed by atoms with Crippen LogP contribution in [0, 0.1) is 17.1 Å². The molecule has 0 saturated heterocycles. The first-order valence-electron chi connectivity index (χ1n) is 9.77. The van der Waals surface area contributed by atoms with Gasteiger partial charge in [-0.3, -0.25) is 5.32 Å². The lowest BCUT2D eigenvalue weighted by atomic mass is 10.1. The number of aromatic nitrogens is 1. The van der Waals surface area contributed by atoms with Crippen molar-refractivity contribution in [2.24, 2.45) is 0 Å². The van der Waals surface area contributed by atoms with Crippen LogP contribution in [0.3, 0.4) is 0 Å². The molecule has 33 heavy (non-hydrogen) atoms. The van der Waals surface area contributed by atoms with Gasteiger partial charge in [0.2, 0.25) is 0 Å². The molecular formula is C24H16F4N4O. The van der Waals surface area contributed by atoms with Gasteiger partial charge in [0.25, 0.3) is 0 Å². The third kappa shape index (κ3) is 4.80. The Labute approximate surface area is 185 Å². The van der Waals surface area contributed by atoms with Gasteiger partial charge >= 0.3 is 12.2 Å². The van der Waals surface area contributed by atoms with E-state index in [-0.39, 0.29) is 11.5 Å². The van der Waals surface area contributed by atoms with E-state index in [9.17, 15) is 22.4 Å². The molecule has 0 fully saturated rings. The van der Waals surface area contributed by atoms with Gasteiger partial charge in [-0.25, -0.2) is 9.18 Å². The second-order valence-corrected chi connectivity index (χ2v) is 7.26. The Kier molecular flexibility index (Phi) is 5.75. The summed E-state index contributed by atoms with van der Waals surface area (Å²) < 4.78 is 54.3. The lowest BCUT2D eigenvalue weighted by Crippen LogP contribution is -2.21. The third-order valence-corrected chi connectivity index (χ3v) is 5.03. The SMILES string of the molecule is N#Cc1ccc(NC(=O)Nc2cccc3c(Cc4ccc(F)cc4)ccn23)cc1C(F)(F)F. The zero-order valence-electron chi connectivity index (χ0n) is 16.9. The number of carbonyl (C=O) groups is 1. The Morgan fingerprint density at radius 2 is 1.76 bits per heavy atom. The molecule has 0 atom stereocenters. The van der Waals surface area contributed by atoms with Crippen LogP contribution in [0.1, 0.15) is 22.3 Å². The Morgan fingerprint density at radius 1 is 1.00 bits per heavy atom. The predicted molar refractivity (Wildman–Crippen MR) is 115 cm³/mol. The monoisotopic (exact) mass is 452 g/mol. The summed E-state index contributed by atoms with van der Waals surface area (Å²) in [6.07, 6.45) is -2.41. The highest BCUT2D eigenvalue weighted by molar-refractivity contribution is 5.99. The maximum Gasteiger partial charge on any atom is 0.417 e. The topological polar surface area (TPSA) is 69.3 Å². The van der Waals surface area contributed by atoms with Gasteiger partial charge < -0.3 is 9.72 Å². The lowest BCUT2D eigenvalue weighted by Gasteiger charge is -2.13. The number of amides is 2. The van der Waals surface area contributed by atoms with E-state index in [4.69, 9.17) is 5.26 Å².